The molecule has 0 aliphatic carbocycles. The summed E-state index contributed by atoms with van der Waals surface area (Å²) in [5.41, 5.74) is 1.15. The average molecular weight is 178 g/mol. The first kappa shape index (κ1) is 9.81. The summed E-state index contributed by atoms with van der Waals surface area (Å²) in [5.74, 6) is 0.801. The fourth-order valence-corrected chi connectivity index (χ4v) is 0.980. The predicted octanol–water partition coefficient (Wildman–Crippen LogP) is 2.75. The molecule has 2 heteroatoms. The molecule has 2 nitrogen and oxygen atoms in total. The van der Waals surface area contributed by atoms with Gasteiger partial charge in [0.15, 0.2) is 0 Å². The molecule has 0 spiro atoms. The minimum atomic E-state index is 0.658. The number of ether oxygens (including phenoxy) is 2. The van der Waals surface area contributed by atoms with E-state index in [9.17, 15) is 0 Å². The lowest BCUT2D eigenvalue weighted by molar-refractivity contribution is 0.134. The highest BCUT2D eigenvalue weighted by atomic mass is 16.5. The minimum Gasteiger partial charge on any atom is -0.466 e. The van der Waals surface area contributed by atoms with Crippen LogP contribution in [-0.4, -0.2) is 6.61 Å². The summed E-state index contributed by atoms with van der Waals surface area (Å²) < 4.78 is 10.3. The Bertz CT molecular complexity index is 251. The van der Waals surface area contributed by atoms with Gasteiger partial charge in [0.05, 0.1) is 12.9 Å². The second-order valence-electron chi connectivity index (χ2n) is 2.57. The molecular weight excluding hydrogens is 164 g/mol. The van der Waals surface area contributed by atoms with E-state index < -0.39 is 0 Å². The van der Waals surface area contributed by atoms with Gasteiger partial charge in [-0.25, -0.2) is 0 Å². The van der Waals surface area contributed by atoms with Crippen molar-refractivity contribution in [3.63, 3.8) is 0 Å². The minimum absolute atomic E-state index is 0.658. The molecule has 0 bridgehead atoms. The maximum absolute atomic E-state index is 5.26. The van der Waals surface area contributed by atoms with Crippen LogP contribution in [0.15, 0.2) is 37.1 Å². The Balaban J connectivity index is 2.53. The Morgan fingerprint density at radius 2 is 2.00 bits per heavy atom. The first-order valence-electron chi connectivity index (χ1n) is 4.31. The van der Waals surface area contributed by atoms with Gasteiger partial charge in [-0.2, -0.15) is 0 Å². The third kappa shape index (κ3) is 3.30. The van der Waals surface area contributed by atoms with Crippen molar-refractivity contribution in [2.45, 2.75) is 13.5 Å². The summed E-state index contributed by atoms with van der Waals surface area (Å²) >= 11 is 0. The number of hydrogen-bond donors (Lipinski definition) is 0. The van der Waals surface area contributed by atoms with Crippen molar-refractivity contribution >= 4 is 0 Å². The maximum atomic E-state index is 5.26. The molecule has 0 saturated carbocycles. The molecule has 0 aliphatic rings. The molecule has 13 heavy (non-hydrogen) atoms. The Hall–Kier alpha value is -1.28. The Labute approximate surface area is 78.8 Å². The smallest absolute Gasteiger partial charge is 0.126 e. The monoisotopic (exact) mass is 178 g/mol. The highest BCUT2D eigenvalue weighted by Gasteiger charge is 1.93. The van der Waals surface area contributed by atoms with Crippen LogP contribution in [0.5, 0.6) is 5.75 Å². The molecule has 0 fully saturated rings. The average Bonchev–Trinajstić information content (AvgIpc) is 2.17. The molecule has 0 N–H and O–H groups in total. The van der Waals surface area contributed by atoms with Crippen LogP contribution in [0.3, 0.4) is 0 Å². The second-order valence-corrected chi connectivity index (χ2v) is 2.57. The van der Waals surface area contributed by atoms with E-state index in [0.717, 1.165) is 17.9 Å². The molecule has 1 rings (SSSR count). The second kappa shape index (κ2) is 5.38. The Morgan fingerprint density at radius 3 is 2.54 bits per heavy atom. The topological polar surface area (TPSA) is 18.5 Å². The van der Waals surface area contributed by atoms with Gasteiger partial charge in [0, 0.05) is 6.61 Å². The van der Waals surface area contributed by atoms with E-state index in [1.807, 2.05) is 31.2 Å². The molecule has 0 heterocycles. The zero-order valence-corrected chi connectivity index (χ0v) is 7.82. The summed E-state index contributed by atoms with van der Waals surface area (Å²) in [6.45, 7) is 6.86. The highest BCUT2D eigenvalue weighted by molar-refractivity contribution is 5.27. The normalized spacial score (nSPS) is 9.62. The Morgan fingerprint density at radius 1 is 1.31 bits per heavy atom. The van der Waals surface area contributed by atoms with Crippen molar-refractivity contribution < 1.29 is 9.47 Å². The van der Waals surface area contributed by atoms with Gasteiger partial charge in [-0.1, -0.05) is 18.7 Å². The van der Waals surface area contributed by atoms with Crippen LogP contribution in [0.4, 0.5) is 0 Å². The van der Waals surface area contributed by atoms with Crippen molar-refractivity contribution in [2.24, 2.45) is 0 Å². The zero-order chi connectivity index (χ0) is 9.52. The number of hydrogen-bond acceptors (Lipinski definition) is 2. The van der Waals surface area contributed by atoms with Crippen LogP contribution in [0.1, 0.15) is 12.5 Å². The van der Waals surface area contributed by atoms with Crippen LogP contribution in [-0.2, 0) is 11.3 Å². The third-order valence-corrected chi connectivity index (χ3v) is 1.62. The van der Waals surface area contributed by atoms with Crippen molar-refractivity contribution in [2.75, 3.05) is 6.61 Å². The van der Waals surface area contributed by atoms with E-state index in [-0.39, 0.29) is 0 Å². The number of benzene rings is 1. The molecule has 1 aromatic carbocycles. The summed E-state index contributed by atoms with van der Waals surface area (Å²) in [5, 5.41) is 0. The molecule has 70 valence electrons. The summed E-state index contributed by atoms with van der Waals surface area (Å²) in [6.07, 6.45) is 1.41. The van der Waals surface area contributed by atoms with E-state index in [1.165, 1.54) is 6.26 Å². The van der Waals surface area contributed by atoms with Gasteiger partial charge in [-0.05, 0) is 24.6 Å². The van der Waals surface area contributed by atoms with E-state index >= 15 is 0 Å². The molecule has 0 amide bonds. The van der Waals surface area contributed by atoms with Crippen LogP contribution in [0.2, 0.25) is 0 Å². The van der Waals surface area contributed by atoms with Gasteiger partial charge in [0.2, 0.25) is 0 Å². The first-order valence-corrected chi connectivity index (χ1v) is 4.31. The largest absolute Gasteiger partial charge is 0.466 e. The van der Waals surface area contributed by atoms with Gasteiger partial charge in [-0.15, -0.1) is 0 Å². The fourth-order valence-electron chi connectivity index (χ4n) is 0.980. The molecule has 0 atom stereocenters. The number of rotatable bonds is 5. The van der Waals surface area contributed by atoms with Gasteiger partial charge >= 0.3 is 0 Å². The standard InChI is InChI=1S/C11H14O2/c1-3-12-9-10-5-7-11(8-6-10)13-4-2/h4-8H,2-3,9H2,1H3. The predicted molar refractivity (Wildman–Crippen MR) is 52.6 cm³/mol. The summed E-state index contributed by atoms with van der Waals surface area (Å²) in [4.78, 5) is 0. The van der Waals surface area contributed by atoms with Crippen molar-refractivity contribution in [3.05, 3.63) is 42.7 Å². The molecule has 0 unspecified atom stereocenters. The van der Waals surface area contributed by atoms with Crippen molar-refractivity contribution in [3.8, 4) is 5.75 Å². The zero-order valence-electron chi connectivity index (χ0n) is 7.82. The van der Waals surface area contributed by atoms with Gasteiger partial charge in [0.25, 0.3) is 0 Å². The van der Waals surface area contributed by atoms with E-state index in [2.05, 4.69) is 6.58 Å². The Kier molecular flexibility index (Phi) is 4.06. The third-order valence-electron chi connectivity index (χ3n) is 1.62. The maximum Gasteiger partial charge on any atom is 0.126 e. The van der Waals surface area contributed by atoms with E-state index in [4.69, 9.17) is 9.47 Å². The molecule has 0 saturated heterocycles. The molecule has 0 aromatic heterocycles. The molecule has 1 aromatic rings. The van der Waals surface area contributed by atoms with Gasteiger partial charge < -0.3 is 9.47 Å². The molecular formula is C11H14O2. The van der Waals surface area contributed by atoms with Gasteiger partial charge in [0.1, 0.15) is 5.75 Å². The fraction of sp³-hybridized carbons (Fsp3) is 0.273. The SMILES string of the molecule is C=COc1ccc(COCC)cc1. The van der Waals surface area contributed by atoms with Crippen LogP contribution in [0, 0.1) is 0 Å². The molecule has 0 radical (unpaired) electrons. The van der Waals surface area contributed by atoms with Crippen molar-refractivity contribution in [1.82, 2.24) is 0 Å². The lowest BCUT2D eigenvalue weighted by atomic mass is 10.2. The van der Waals surface area contributed by atoms with Crippen LogP contribution >= 0.6 is 0 Å². The quantitative estimate of drug-likeness (QED) is 0.645. The van der Waals surface area contributed by atoms with Crippen LogP contribution < -0.4 is 4.74 Å². The first-order chi connectivity index (χ1) is 6.36. The van der Waals surface area contributed by atoms with E-state index in [1.54, 1.807) is 0 Å². The highest BCUT2D eigenvalue weighted by Crippen LogP contribution is 2.12. The van der Waals surface area contributed by atoms with Gasteiger partial charge in [-0.3, -0.25) is 0 Å². The lowest BCUT2D eigenvalue weighted by Crippen LogP contribution is -1.91. The summed E-state index contributed by atoms with van der Waals surface area (Å²) in [7, 11) is 0. The van der Waals surface area contributed by atoms with Crippen LogP contribution in [0.25, 0.3) is 0 Å². The van der Waals surface area contributed by atoms with Crippen molar-refractivity contribution in [1.29, 1.82) is 0 Å². The molecule has 0 aliphatic heterocycles. The summed E-state index contributed by atoms with van der Waals surface area (Å²) in [6, 6.07) is 7.76. The lowest BCUT2D eigenvalue weighted by Gasteiger charge is -2.03. The van der Waals surface area contributed by atoms with E-state index in [0.29, 0.717) is 6.61 Å².